The molecule has 1 atom stereocenters. The van der Waals surface area contributed by atoms with Crippen molar-refractivity contribution in [3.05, 3.63) is 65.7 Å². The molecule has 1 N–H and O–H groups in total. The Morgan fingerprint density at radius 1 is 1.07 bits per heavy atom. The molecule has 1 fully saturated rings. The Balaban J connectivity index is 1.31. The molecule has 1 aliphatic heterocycles. The maximum absolute atomic E-state index is 12.3. The summed E-state index contributed by atoms with van der Waals surface area (Å²) in [5, 5.41) is 3.25. The number of carbonyl (C=O) groups excluding carboxylic acids is 1. The molecule has 0 bridgehead atoms. The van der Waals surface area contributed by atoms with Gasteiger partial charge in [0.2, 0.25) is 5.91 Å². The Bertz CT molecular complexity index is 737. The monoisotopic (exact) mass is 394 g/mol. The van der Waals surface area contributed by atoms with Crippen LogP contribution in [0.1, 0.15) is 56.2 Å². The van der Waals surface area contributed by atoms with Gasteiger partial charge in [-0.05, 0) is 62.3 Å². The molecule has 1 unspecified atom stereocenters. The SMILES string of the molecule is COc1ccc(CCCCC(=O)NC2CCN(C(C)c3ccccc3)CC2)cc1. The first-order valence-electron chi connectivity index (χ1n) is 10.9. The van der Waals surface area contributed by atoms with E-state index in [1.807, 2.05) is 12.1 Å². The topological polar surface area (TPSA) is 41.6 Å². The van der Waals surface area contributed by atoms with E-state index in [2.05, 4.69) is 59.6 Å². The minimum atomic E-state index is 0.203. The second-order valence-electron chi connectivity index (χ2n) is 8.02. The number of ether oxygens (including phenoxy) is 1. The lowest BCUT2D eigenvalue weighted by atomic mass is 10.00. The highest BCUT2D eigenvalue weighted by Gasteiger charge is 2.24. The van der Waals surface area contributed by atoms with Gasteiger partial charge in [-0.25, -0.2) is 0 Å². The standard InChI is InChI=1S/C25H34N2O2/c1-20(22-9-4-3-5-10-22)27-18-16-23(17-19-27)26-25(28)11-7-6-8-21-12-14-24(29-2)15-13-21/h3-5,9-10,12-15,20,23H,6-8,11,16-19H2,1-2H3,(H,26,28). The van der Waals surface area contributed by atoms with Crippen LogP contribution in [0, 0.1) is 0 Å². The van der Waals surface area contributed by atoms with E-state index >= 15 is 0 Å². The summed E-state index contributed by atoms with van der Waals surface area (Å²) in [4.78, 5) is 14.8. The Labute approximate surface area is 175 Å². The molecule has 0 saturated carbocycles. The lowest BCUT2D eigenvalue weighted by Gasteiger charge is -2.36. The first-order valence-corrected chi connectivity index (χ1v) is 10.9. The van der Waals surface area contributed by atoms with Crippen molar-refractivity contribution in [1.82, 2.24) is 10.2 Å². The molecule has 4 nitrogen and oxygen atoms in total. The van der Waals surface area contributed by atoms with Crippen LogP contribution in [-0.2, 0) is 11.2 Å². The molecule has 2 aromatic rings. The fourth-order valence-electron chi connectivity index (χ4n) is 4.08. The lowest BCUT2D eigenvalue weighted by molar-refractivity contribution is -0.122. The van der Waals surface area contributed by atoms with Crippen molar-refractivity contribution in [3.8, 4) is 5.75 Å². The molecule has 1 saturated heterocycles. The zero-order valence-electron chi connectivity index (χ0n) is 17.8. The summed E-state index contributed by atoms with van der Waals surface area (Å²) in [5.74, 6) is 1.09. The van der Waals surface area contributed by atoms with Gasteiger partial charge < -0.3 is 10.1 Å². The average molecular weight is 395 g/mol. The van der Waals surface area contributed by atoms with Gasteiger partial charge in [0.1, 0.15) is 5.75 Å². The first kappa shape index (κ1) is 21.4. The Morgan fingerprint density at radius 2 is 1.76 bits per heavy atom. The number of amides is 1. The number of unbranched alkanes of at least 4 members (excludes halogenated alkanes) is 1. The minimum absolute atomic E-state index is 0.203. The maximum Gasteiger partial charge on any atom is 0.220 e. The van der Waals surface area contributed by atoms with Crippen LogP contribution in [0.2, 0.25) is 0 Å². The second kappa shape index (κ2) is 11.0. The number of piperidine rings is 1. The summed E-state index contributed by atoms with van der Waals surface area (Å²) in [5.41, 5.74) is 2.66. The van der Waals surface area contributed by atoms with E-state index in [1.54, 1.807) is 7.11 Å². The number of methoxy groups -OCH3 is 1. The number of nitrogens with one attached hydrogen (secondary N) is 1. The number of likely N-dealkylation sites (tertiary alicyclic amines) is 1. The van der Waals surface area contributed by atoms with E-state index in [9.17, 15) is 4.79 Å². The predicted octanol–water partition coefficient (Wildman–Crippen LogP) is 4.75. The number of nitrogens with zero attached hydrogens (tertiary/aromatic N) is 1. The van der Waals surface area contributed by atoms with E-state index in [1.165, 1.54) is 11.1 Å². The van der Waals surface area contributed by atoms with Crippen LogP contribution in [0.5, 0.6) is 5.75 Å². The van der Waals surface area contributed by atoms with Crippen LogP contribution in [-0.4, -0.2) is 37.0 Å². The number of rotatable bonds is 9. The van der Waals surface area contributed by atoms with Gasteiger partial charge in [-0.1, -0.05) is 42.5 Å². The summed E-state index contributed by atoms with van der Waals surface area (Å²) >= 11 is 0. The van der Waals surface area contributed by atoms with Crippen LogP contribution < -0.4 is 10.1 Å². The molecule has 4 heteroatoms. The molecule has 0 spiro atoms. The van der Waals surface area contributed by atoms with Gasteiger partial charge in [-0.2, -0.15) is 0 Å². The molecule has 29 heavy (non-hydrogen) atoms. The van der Waals surface area contributed by atoms with Crippen molar-refractivity contribution in [1.29, 1.82) is 0 Å². The molecule has 3 rings (SSSR count). The van der Waals surface area contributed by atoms with E-state index in [-0.39, 0.29) is 5.91 Å². The third-order valence-electron chi connectivity index (χ3n) is 6.00. The Morgan fingerprint density at radius 3 is 2.41 bits per heavy atom. The number of carbonyl (C=O) groups is 1. The van der Waals surface area contributed by atoms with Crippen LogP contribution in [0.4, 0.5) is 0 Å². The van der Waals surface area contributed by atoms with Crippen molar-refractivity contribution in [2.75, 3.05) is 20.2 Å². The molecule has 1 heterocycles. The van der Waals surface area contributed by atoms with Crippen molar-refractivity contribution in [2.45, 2.75) is 57.5 Å². The molecule has 1 amide bonds. The molecule has 2 aromatic carbocycles. The Kier molecular flexibility index (Phi) is 8.12. The molecule has 1 aliphatic rings. The number of hydrogen-bond donors (Lipinski definition) is 1. The van der Waals surface area contributed by atoms with E-state index in [0.29, 0.717) is 18.5 Å². The molecule has 0 aliphatic carbocycles. The van der Waals surface area contributed by atoms with Gasteiger partial charge in [-0.15, -0.1) is 0 Å². The summed E-state index contributed by atoms with van der Waals surface area (Å²) < 4.78 is 5.18. The summed E-state index contributed by atoms with van der Waals surface area (Å²) in [6.07, 6.45) is 5.67. The summed E-state index contributed by atoms with van der Waals surface area (Å²) in [7, 11) is 1.68. The molecule has 156 valence electrons. The third kappa shape index (κ3) is 6.60. The number of hydrogen-bond acceptors (Lipinski definition) is 3. The third-order valence-corrected chi connectivity index (χ3v) is 6.00. The predicted molar refractivity (Wildman–Crippen MR) is 118 cm³/mol. The number of aryl methyl sites for hydroxylation is 1. The lowest BCUT2D eigenvalue weighted by Crippen LogP contribution is -2.45. The summed E-state index contributed by atoms with van der Waals surface area (Å²) in [6, 6.07) is 19.6. The van der Waals surface area contributed by atoms with Crippen LogP contribution >= 0.6 is 0 Å². The average Bonchev–Trinajstić information content (AvgIpc) is 2.78. The van der Waals surface area contributed by atoms with E-state index in [0.717, 1.165) is 50.9 Å². The fourth-order valence-corrected chi connectivity index (χ4v) is 4.08. The molecular formula is C25H34N2O2. The highest BCUT2D eigenvalue weighted by atomic mass is 16.5. The molecule has 0 radical (unpaired) electrons. The fraction of sp³-hybridized carbons (Fsp3) is 0.480. The van der Waals surface area contributed by atoms with Crippen LogP contribution in [0.3, 0.4) is 0 Å². The van der Waals surface area contributed by atoms with Crippen LogP contribution in [0.15, 0.2) is 54.6 Å². The van der Waals surface area contributed by atoms with Gasteiger partial charge in [0.05, 0.1) is 7.11 Å². The Hall–Kier alpha value is -2.33. The second-order valence-corrected chi connectivity index (χ2v) is 8.02. The van der Waals surface area contributed by atoms with Gasteiger partial charge >= 0.3 is 0 Å². The normalized spacial score (nSPS) is 16.3. The smallest absolute Gasteiger partial charge is 0.220 e. The number of benzene rings is 2. The van der Waals surface area contributed by atoms with Crippen molar-refractivity contribution in [2.24, 2.45) is 0 Å². The first-order chi connectivity index (χ1) is 14.2. The van der Waals surface area contributed by atoms with Gasteiger partial charge in [0.25, 0.3) is 0 Å². The quantitative estimate of drug-likeness (QED) is 0.624. The highest BCUT2D eigenvalue weighted by molar-refractivity contribution is 5.76. The van der Waals surface area contributed by atoms with Crippen LogP contribution in [0.25, 0.3) is 0 Å². The molecular weight excluding hydrogens is 360 g/mol. The zero-order chi connectivity index (χ0) is 20.5. The van der Waals surface area contributed by atoms with Gasteiger partial charge in [0.15, 0.2) is 0 Å². The van der Waals surface area contributed by atoms with Gasteiger partial charge in [0, 0.05) is 31.6 Å². The van der Waals surface area contributed by atoms with Gasteiger partial charge in [-0.3, -0.25) is 9.69 Å². The van der Waals surface area contributed by atoms with E-state index < -0.39 is 0 Å². The summed E-state index contributed by atoms with van der Waals surface area (Å²) in [6.45, 7) is 4.36. The van der Waals surface area contributed by atoms with Crippen molar-refractivity contribution in [3.63, 3.8) is 0 Å². The van der Waals surface area contributed by atoms with E-state index in [4.69, 9.17) is 4.74 Å². The van der Waals surface area contributed by atoms with Crippen molar-refractivity contribution < 1.29 is 9.53 Å². The zero-order valence-corrected chi connectivity index (χ0v) is 17.8. The maximum atomic E-state index is 12.3. The highest BCUT2D eigenvalue weighted by Crippen LogP contribution is 2.24. The largest absolute Gasteiger partial charge is 0.497 e. The minimum Gasteiger partial charge on any atom is -0.497 e. The van der Waals surface area contributed by atoms with Crippen molar-refractivity contribution >= 4 is 5.91 Å². The molecule has 0 aromatic heterocycles.